The predicted molar refractivity (Wildman–Crippen MR) is 107 cm³/mol. The lowest BCUT2D eigenvalue weighted by Gasteiger charge is -2.13. The number of nitrogens with zero attached hydrogens (tertiary/aromatic N) is 2. The van der Waals surface area contributed by atoms with Crippen molar-refractivity contribution in [1.82, 2.24) is 10.3 Å². The van der Waals surface area contributed by atoms with Gasteiger partial charge in [-0.15, -0.1) is 11.3 Å². The number of nitrogens with one attached hydrogen (secondary N) is 2. The van der Waals surface area contributed by atoms with Gasteiger partial charge in [0.05, 0.1) is 23.9 Å². The van der Waals surface area contributed by atoms with Gasteiger partial charge in [-0.05, 0) is 12.1 Å². The Bertz CT molecular complexity index is 758. The highest BCUT2D eigenvalue weighted by molar-refractivity contribution is 7.09. The van der Waals surface area contributed by atoms with Gasteiger partial charge >= 0.3 is 0 Å². The number of hydrogen-bond acceptors (Lipinski definition) is 5. The SMILES string of the molecule is CN=C(NCCc1csc(C(C)C)n1)Nc1ccc2c(c1)OCCCO2. The molecule has 2 aromatic rings. The van der Waals surface area contributed by atoms with E-state index in [1.54, 1.807) is 18.4 Å². The first kappa shape index (κ1) is 18.5. The van der Waals surface area contributed by atoms with E-state index in [2.05, 4.69) is 39.8 Å². The van der Waals surface area contributed by atoms with Crippen molar-refractivity contribution in [3.05, 3.63) is 34.3 Å². The second-order valence-corrected chi connectivity index (χ2v) is 7.31. The van der Waals surface area contributed by atoms with E-state index in [1.807, 2.05) is 18.2 Å². The van der Waals surface area contributed by atoms with Crippen LogP contribution in [0.3, 0.4) is 0 Å². The number of hydrogen-bond donors (Lipinski definition) is 2. The van der Waals surface area contributed by atoms with Gasteiger partial charge < -0.3 is 20.1 Å². The number of aliphatic imine (C=N–C) groups is 1. The van der Waals surface area contributed by atoms with Gasteiger partial charge in [-0.1, -0.05) is 13.8 Å². The van der Waals surface area contributed by atoms with Crippen LogP contribution in [0.5, 0.6) is 11.5 Å². The number of fused-ring (bicyclic) bond motifs is 1. The summed E-state index contributed by atoms with van der Waals surface area (Å²) in [7, 11) is 1.76. The van der Waals surface area contributed by atoms with Crippen LogP contribution in [0.15, 0.2) is 28.6 Å². The van der Waals surface area contributed by atoms with E-state index < -0.39 is 0 Å². The minimum Gasteiger partial charge on any atom is -0.490 e. The molecule has 140 valence electrons. The Kier molecular flexibility index (Phi) is 6.33. The van der Waals surface area contributed by atoms with Crippen LogP contribution in [0.1, 0.15) is 36.9 Å². The fraction of sp³-hybridized carbons (Fsp3) is 0.474. The second kappa shape index (κ2) is 8.89. The molecule has 0 radical (unpaired) electrons. The Morgan fingerprint density at radius 3 is 2.81 bits per heavy atom. The van der Waals surface area contributed by atoms with Gasteiger partial charge in [0, 0.05) is 49.5 Å². The average molecular weight is 375 g/mol. The van der Waals surface area contributed by atoms with E-state index in [9.17, 15) is 0 Å². The average Bonchev–Trinajstić information content (AvgIpc) is 2.99. The molecule has 6 nitrogen and oxygen atoms in total. The van der Waals surface area contributed by atoms with Crippen molar-refractivity contribution in [2.75, 3.05) is 32.1 Å². The Balaban J connectivity index is 1.53. The van der Waals surface area contributed by atoms with Gasteiger partial charge in [-0.2, -0.15) is 0 Å². The van der Waals surface area contributed by atoms with Crippen molar-refractivity contribution in [1.29, 1.82) is 0 Å². The first-order valence-corrected chi connectivity index (χ1v) is 9.85. The van der Waals surface area contributed by atoms with Crippen molar-refractivity contribution < 1.29 is 9.47 Å². The minimum atomic E-state index is 0.482. The maximum Gasteiger partial charge on any atom is 0.195 e. The van der Waals surface area contributed by atoms with Crippen LogP contribution in [-0.2, 0) is 6.42 Å². The highest BCUT2D eigenvalue weighted by Crippen LogP contribution is 2.32. The Labute approximate surface area is 158 Å². The summed E-state index contributed by atoms with van der Waals surface area (Å²) in [5.41, 5.74) is 2.04. The number of anilines is 1. The molecule has 26 heavy (non-hydrogen) atoms. The molecule has 0 saturated carbocycles. The molecule has 0 aliphatic carbocycles. The maximum absolute atomic E-state index is 5.73. The van der Waals surface area contributed by atoms with Crippen LogP contribution >= 0.6 is 11.3 Å². The molecule has 0 atom stereocenters. The van der Waals surface area contributed by atoms with Crippen molar-refractivity contribution in [2.24, 2.45) is 4.99 Å². The molecule has 0 saturated heterocycles. The third-order valence-electron chi connectivity index (χ3n) is 3.97. The van der Waals surface area contributed by atoms with Crippen LogP contribution in [0.4, 0.5) is 5.69 Å². The van der Waals surface area contributed by atoms with Crippen LogP contribution in [0.2, 0.25) is 0 Å². The van der Waals surface area contributed by atoms with Crippen molar-refractivity contribution in [2.45, 2.75) is 32.6 Å². The quantitative estimate of drug-likeness (QED) is 0.618. The molecule has 1 aromatic carbocycles. The third-order valence-corrected chi connectivity index (χ3v) is 5.16. The highest BCUT2D eigenvalue weighted by atomic mass is 32.1. The van der Waals surface area contributed by atoms with E-state index in [4.69, 9.17) is 9.47 Å². The number of ether oxygens (including phenoxy) is 2. The van der Waals surface area contributed by atoms with Gasteiger partial charge in [0.2, 0.25) is 0 Å². The molecule has 0 amide bonds. The fourth-order valence-corrected chi connectivity index (χ4v) is 3.44. The summed E-state index contributed by atoms with van der Waals surface area (Å²) in [4.78, 5) is 8.94. The number of benzene rings is 1. The summed E-state index contributed by atoms with van der Waals surface area (Å²) in [6.07, 6.45) is 1.76. The predicted octanol–water partition coefficient (Wildman–Crippen LogP) is 3.66. The number of guanidine groups is 1. The zero-order chi connectivity index (χ0) is 18.4. The largest absolute Gasteiger partial charge is 0.490 e. The standard InChI is InChI=1S/C19H26N4O2S/c1-13(2)18-22-15(12-26-18)7-8-21-19(20-3)23-14-5-6-16-17(11-14)25-10-4-9-24-16/h5-6,11-13H,4,7-10H2,1-3H3,(H2,20,21,23). The van der Waals surface area contributed by atoms with Gasteiger partial charge in [0.25, 0.3) is 0 Å². The maximum atomic E-state index is 5.73. The zero-order valence-electron chi connectivity index (χ0n) is 15.5. The molecule has 7 heteroatoms. The molecule has 1 aliphatic heterocycles. The molecular formula is C19H26N4O2S. The molecule has 3 rings (SSSR count). The van der Waals surface area contributed by atoms with Crippen LogP contribution in [0.25, 0.3) is 0 Å². The fourth-order valence-electron chi connectivity index (χ4n) is 2.57. The smallest absolute Gasteiger partial charge is 0.195 e. The van der Waals surface area contributed by atoms with Crippen LogP contribution in [-0.4, -0.2) is 37.7 Å². The molecule has 0 fully saturated rings. The first-order chi connectivity index (χ1) is 12.7. The van der Waals surface area contributed by atoms with Gasteiger partial charge in [-0.3, -0.25) is 4.99 Å². The van der Waals surface area contributed by atoms with E-state index >= 15 is 0 Å². The molecule has 1 aliphatic rings. The number of aromatic nitrogens is 1. The highest BCUT2D eigenvalue weighted by Gasteiger charge is 2.11. The van der Waals surface area contributed by atoms with Crippen molar-refractivity contribution in [3.8, 4) is 11.5 Å². The van der Waals surface area contributed by atoms with E-state index in [1.165, 1.54) is 5.01 Å². The molecule has 0 unspecified atom stereocenters. The zero-order valence-corrected chi connectivity index (χ0v) is 16.4. The van der Waals surface area contributed by atoms with Gasteiger partial charge in [-0.25, -0.2) is 4.98 Å². The molecule has 2 heterocycles. The molecule has 0 bridgehead atoms. The van der Waals surface area contributed by atoms with Crippen molar-refractivity contribution in [3.63, 3.8) is 0 Å². The summed E-state index contributed by atoms with van der Waals surface area (Å²) >= 11 is 1.73. The first-order valence-electron chi connectivity index (χ1n) is 8.97. The number of thiazole rings is 1. The van der Waals surface area contributed by atoms with Crippen molar-refractivity contribution >= 4 is 23.0 Å². The third kappa shape index (κ3) is 4.88. The summed E-state index contributed by atoms with van der Waals surface area (Å²) in [5, 5.41) is 9.95. The lowest BCUT2D eigenvalue weighted by Crippen LogP contribution is -2.32. The molecular weight excluding hydrogens is 348 g/mol. The summed E-state index contributed by atoms with van der Waals surface area (Å²) in [6, 6.07) is 5.84. The lowest BCUT2D eigenvalue weighted by molar-refractivity contribution is 0.297. The minimum absolute atomic E-state index is 0.482. The van der Waals surface area contributed by atoms with E-state index in [0.29, 0.717) is 19.1 Å². The van der Waals surface area contributed by atoms with E-state index in [0.717, 1.165) is 48.2 Å². The normalized spacial score (nSPS) is 14.2. The monoisotopic (exact) mass is 374 g/mol. The summed E-state index contributed by atoms with van der Waals surface area (Å²) in [5.74, 6) is 2.77. The Morgan fingerprint density at radius 1 is 1.27 bits per heavy atom. The Morgan fingerprint density at radius 2 is 2.08 bits per heavy atom. The topological polar surface area (TPSA) is 67.8 Å². The van der Waals surface area contributed by atoms with Crippen LogP contribution in [0, 0.1) is 0 Å². The lowest BCUT2D eigenvalue weighted by atomic mass is 10.2. The molecule has 0 spiro atoms. The molecule has 1 aromatic heterocycles. The summed E-state index contributed by atoms with van der Waals surface area (Å²) in [6.45, 7) is 6.48. The summed E-state index contributed by atoms with van der Waals surface area (Å²) < 4.78 is 11.4. The van der Waals surface area contributed by atoms with Gasteiger partial charge in [0.1, 0.15) is 0 Å². The second-order valence-electron chi connectivity index (χ2n) is 6.42. The number of rotatable bonds is 5. The van der Waals surface area contributed by atoms with Crippen LogP contribution < -0.4 is 20.1 Å². The van der Waals surface area contributed by atoms with Gasteiger partial charge in [0.15, 0.2) is 17.5 Å². The Hall–Kier alpha value is -2.28. The molecule has 2 N–H and O–H groups in total. The van der Waals surface area contributed by atoms with E-state index in [-0.39, 0.29) is 0 Å².